The molecule has 0 amide bonds. The number of aliphatic hydroxyl groups excluding tert-OH is 2. The highest BCUT2D eigenvalue weighted by molar-refractivity contribution is 5.01. The van der Waals surface area contributed by atoms with E-state index in [1.54, 1.807) is 0 Å². The maximum absolute atomic E-state index is 12.7. The van der Waals surface area contributed by atoms with E-state index in [-0.39, 0.29) is 13.8 Å². The normalized spacial score (nSPS) is 18.8. The highest BCUT2D eigenvalue weighted by atomic mass is 19.3. The molecule has 0 rings (SSSR count). The van der Waals surface area contributed by atoms with E-state index in [1.165, 1.54) is 0 Å². The predicted molar refractivity (Wildman–Crippen MR) is 38.2 cm³/mol. The topological polar surface area (TPSA) is 40.5 Å². The molecular formula is C7H10F6O2. The van der Waals surface area contributed by atoms with Crippen LogP contribution in [0.1, 0.15) is 13.8 Å². The van der Waals surface area contributed by atoms with Crippen LogP contribution in [0.25, 0.3) is 0 Å². The van der Waals surface area contributed by atoms with E-state index in [0.717, 1.165) is 0 Å². The Morgan fingerprint density at radius 2 is 0.933 bits per heavy atom. The van der Waals surface area contributed by atoms with E-state index in [2.05, 4.69) is 0 Å². The van der Waals surface area contributed by atoms with E-state index >= 15 is 0 Å². The zero-order valence-electron chi connectivity index (χ0n) is 7.82. The molecule has 0 aromatic heterocycles. The van der Waals surface area contributed by atoms with Crippen molar-refractivity contribution in [2.24, 2.45) is 0 Å². The van der Waals surface area contributed by atoms with Gasteiger partial charge in [0.2, 0.25) is 0 Å². The van der Waals surface area contributed by atoms with Crippen molar-refractivity contribution in [2.45, 2.75) is 43.8 Å². The van der Waals surface area contributed by atoms with Gasteiger partial charge in [-0.2, -0.15) is 26.3 Å². The third-order valence-corrected chi connectivity index (χ3v) is 1.89. The molecule has 0 aromatic rings. The van der Waals surface area contributed by atoms with Crippen molar-refractivity contribution >= 4 is 0 Å². The quantitative estimate of drug-likeness (QED) is 0.733. The van der Waals surface area contributed by atoms with Crippen LogP contribution in [0.3, 0.4) is 0 Å². The fourth-order valence-electron chi connectivity index (χ4n) is 0.747. The van der Waals surface area contributed by atoms with Gasteiger partial charge in [-0.3, -0.25) is 0 Å². The molecular weight excluding hydrogens is 230 g/mol. The Morgan fingerprint density at radius 1 is 0.733 bits per heavy atom. The minimum atomic E-state index is -5.83. The van der Waals surface area contributed by atoms with Gasteiger partial charge in [0, 0.05) is 0 Å². The Labute approximate surface area is 81.5 Å². The Kier molecular flexibility index (Phi) is 3.69. The Hall–Kier alpha value is -0.500. The molecule has 0 saturated carbocycles. The SMILES string of the molecule is CC(O)C(F)(F)C(F)(F)C(F)(F)C(C)O. The van der Waals surface area contributed by atoms with Gasteiger partial charge >= 0.3 is 17.8 Å². The summed E-state index contributed by atoms with van der Waals surface area (Å²) in [6, 6.07) is 0. The molecule has 0 radical (unpaired) electrons. The predicted octanol–water partition coefficient (Wildman–Crippen LogP) is 1.65. The molecule has 0 bridgehead atoms. The molecule has 0 aliphatic carbocycles. The van der Waals surface area contributed by atoms with Crippen LogP contribution in [0.4, 0.5) is 26.3 Å². The first-order chi connectivity index (χ1) is 6.39. The minimum Gasteiger partial charge on any atom is -0.387 e. The fourth-order valence-corrected chi connectivity index (χ4v) is 0.747. The Morgan fingerprint density at radius 3 is 1.07 bits per heavy atom. The first-order valence-corrected chi connectivity index (χ1v) is 3.88. The van der Waals surface area contributed by atoms with Gasteiger partial charge < -0.3 is 10.2 Å². The molecule has 0 spiro atoms. The van der Waals surface area contributed by atoms with Gasteiger partial charge in [0.15, 0.2) is 0 Å². The smallest absolute Gasteiger partial charge is 0.377 e. The minimum absolute atomic E-state index is 0.256. The lowest BCUT2D eigenvalue weighted by Gasteiger charge is -2.35. The fraction of sp³-hybridized carbons (Fsp3) is 1.00. The van der Waals surface area contributed by atoms with Gasteiger partial charge in [0.1, 0.15) is 12.2 Å². The van der Waals surface area contributed by atoms with Crippen LogP contribution < -0.4 is 0 Å². The molecule has 2 atom stereocenters. The molecule has 92 valence electrons. The highest BCUT2D eigenvalue weighted by Crippen LogP contribution is 2.48. The number of hydrogen-bond donors (Lipinski definition) is 2. The first-order valence-electron chi connectivity index (χ1n) is 3.88. The lowest BCUT2D eigenvalue weighted by atomic mass is 9.97. The van der Waals surface area contributed by atoms with Gasteiger partial charge in [0.25, 0.3) is 0 Å². The van der Waals surface area contributed by atoms with E-state index in [0.29, 0.717) is 0 Å². The second-order valence-electron chi connectivity index (χ2n) is 3.17. The van der Waals surface area contributed by atoms with Crippen molar-refractivity contribution in [3.8, 4) is 0 Å². The summed E-state index contributed by atoms with van der Waals surface area (Å²) in [5, 5.41) is 16.6. The summed E-state index contributed by atoms with van der Waals surface area (Å²) in [5.74, 6) is -16.5. The number of hydrogen-bond acceptors (Lipinski definition) is 2. The van der Waals surface area contributed by atoms with Crippen LogP contribution in [0.5, 0.6) is 0 Å². The maximum Gasteiger partial charge on any atom is 0.377 e. The van der Waals surface area contributed by atoms with Gasteiger partial charge in [-0.05, 0) is 13.8 Å². The molecule has 0 fully saturated rings. The second-order valence-corrected chi connectivity index (χ2v) is 3.17. The maximum atomic E-state index is 12.7. The van der Waals surface area contributed by atoms with Gasteiger partial charge in [-0.1, -0.05) is 0 Å². The summed E-state index contributed by atoms with van der Waals surface area (Å²) >= 11 is 0. The summed E-state index contributed by atoms with van der Waals surface area (Å²) in [7, 11) is 0. The monoisotopic (exact) mass is 240 g/mol. The molecule has 15 heavy (non-hydrogen) atoms. The summed E-state index contributed by atoms with van der Waals surface area (Å²) in [4.78, 5) is 0. The van der Waals surface area contributed by atoms with Crippen molar-refractivity contribution < 1.29 is 36.6 Å². The zero-order chi connectivity index (χ0) is 12.7. The molecule has 2 N–H and O–H groups in total. The van der Waals surface area contributed by atoms with Crippen LogP contribution in [-0.2, 0) is 0 Å². The standard InChI is InChI=1S/C7H10F6O2/c1-3(14)5(8,9)7(12,13)6(10,11)4(2)15/h3-4,14-15H,1-2H3. The van der Waals surface area contributed by atoms with Gasteiger partial charge in [-0.15, -0.1) is 0 Å². The van der Waals surface area contributed by atoms with Gasteiger partial charge in [-0.25, -0.2) is 0 Å². The summed E-state index contributed by atoms with van der Waals surface area (Å²) in [6.07, 6.45) is -5.92. The van der Waals surface area contributed by atoms with Crippen LogP contribution in [0.15, 0.2) is 0 Å². The van der Waals surface area contributed by atoms with Crippen molar-refractivity contribution in [1.82, 2.24) is 0 Å². The summed E-state index contributed by atoms with van der Waals surface area (Å²) in [5.41, 5.74) is 0. The molecule has 0 heterocycles. The van der Waals surface area contributed by atoms with Crippen LogP contribution in [-0.4, -0.2) is 40.2 Å². The molecule has 0 aliphatic rings. The van der Waals surface area contributed by atoms with Crippen molar-refractivity contribution in [3.63, 3.8) is 0 Å². The van der Waals surface area contributed by atoms with E-state index < -0.39 is 30.0 Å². The van der Waals surface area contributed by atoms with E-state index in [4.69, 9.17) is 10.2 Å². The van der Waals surface area contributed by atoms with Gasteiger partial charge in [0.05, 0.1) is 0 Å². The number of rotatable bonds is 4. The largest absolute Gasteiger partial charge is 0.387 e. The number of alkyl halides is 6. The highest BCUT2D eigenvalue weighted by Gasteiger charge is 2.74. The van der Waals surface area contributed by atoms with Crippen molar-refractivity contribution in [1.29, 1.82) is 0 Å². The lowest BCUT2D eigenvalue weighted by molar-refractivity contribution is -0.347. The molecule has 0 saturated heterocycles. The molecule has 2 unspecified atom stereocenters. The van der Waals surface area contributed by atoms with Crippen LogP contribution in [0, 0.1) is 0 Å². The summed E-state index contributed by atoms with van der Waals surface area (Å²) in [6.45, 7) is 0.512. The average Bonchev–Trinajstić information content (AvgIpc) is 2.02. The van der Waals surface area contributed by atoms with Crippen LogP contribution in [0.2, 0.25) is 0 Å². The third-order valence-electron chi connectivity index (χ3n) is 1.89. The second kappa shape index (κ2) is 3.82. The molecule has 0 aromatic carbocycles. The lowest BCUT2D eigenvalue weighted by Crippen LogP contribution is -2.62. The number of aliphatic hydroxyl groups is 2. The number of halogens is 6. The molecule has 2 nitrogen and oxygen atoms in total. The zero-order valence-corrected chi connectivity index (χ0v) is 7.82. The summed E-state index contributed by atoms with van der Waals surface area (Å²) < 4.78 is 75.7. The van der Waals surface area contributed by atoms with Crippen molar-refractivity contribution in [3.05, 3.63) is 0 Å². The van der Waals surface area contributed by atoms with Crippen molar-refractivity contribution in [2.75, 3.05) is 0 Å². The Bertz CT molecular complexity index is 204. The van der Waals surface area contributed by atoms with Crippen LogP contribution >= 0.6 is 0 Å². The average molecular weight is 240 g/mol. The molecule has 0 aliphatic heterocycles. The Balaban J connectivity index is 5.30. The third kappa shape index (κ3) is 2.05. The molecule has 8 heteroatoms. The van der Waals surface area contributed by atoms with E-state index in [1.807, 2.05) is 0 Å². The van der Waals surface area contributed by atoms with E-state index in [9.17, 15) is 26.3 Å². The first kappa shape index (κ1) is 14.5.